The van der Waals surface area contributed by atoms with Gasteiger partial charge in [-0.25, -0.2) is 9.97 Å². The second-order valence-corrected chi connectivity index (χ2v) is 8.68. The normalized spacial score (nSPS) is 14.0. The van der Waals surface area contributed by atoms with E-state index in [2.05, 4.69) is 76.4 Å². The summed E-state index contributed by atoms with van der Waals surface area (Å²) >= 11 is 0. The van der Waals surface area contributed by atoms with Gasteiger partial charge in [0.05, 0.1) is 46.6 Å². The Morgan fingerprint density at radius 3 is 2.59 bits per heavy atom. The number of hydrogen-bond acceptors (Lipinski definition) is 5. The summed E-state index contributed by atoms with van der Waals surface area (Å²) in [6.07, 6.45) is 3.97. The molecule has 2 heterocycles. The van der Waals surface area contributed by atoms with Crippen LogP contribution in [0, 0.1) is 6.92 Å². The summed E-state index contributed by atoms with van der Waals surface area (Å²) in [5.41, 5.74) is 7.92. The minimum atomic E-state index is 0.370. The molecule has 1 fully saturated rings. The Kier molecular flexibility index (Phi) is 4.99. The van der Waals surface area contributed by atoms with Gasteiger partial charge in [-0.1, -0.05) is 29.8 Å². The first-order valence-electron chi connectivity index (χ1n) is 11.5. The van der Waals surface area contributed by atoms with Crippen molar-refractivity contribution >= 4 is 22.4 Å². The number of methoxy groups -OCH3 is 1. The van der Waals surface area contributed by atoms with Crippen molar-refractivity contribution in [1.29, 1.82) is 0 Å². The van der Waals surface area contributed by atoms with Gasteiger partial charge in [0.25, 0.3) is 0 Å². The zero-order valence-electron chi connectivity index (χ0n) is 19.2. The molecule has 6 rings (SSSR count). The van der Waals surface area contributed by atoms with E-state index in [0.717, 1.165) is 57.7 Å². The summed E-state index contributed by atoms with van der Waals surface area (Å²) in [4.78, 5) is 14.4. The Morgan fingerprint density at radius 1 is 0.971 bits per heavy atom. The molecule has 1 aliphatic heterocycles. The maximum atomic E-state index is 5.46. The largest absolute Gasteiger partial charge is 0.480 e. The van der Waals surface area contributed by atoms with Gasteiger partial charge in [0.15, 0.2) is 0 Å². The minimum absolute atomic E-state index is 0.370. The third kappa shape index (κ3) is 3.77. The number of nitrogens with one attached hydrogen (secondary N) is 1. The molecule has 0 atom stereocenters. The van der Waals surface area contributed by atoms with Crippen LogP contribution in [-0.2, 0) is 0 Å². The minimum Gasteiger partial charge on any atom is -0.480 e. The molecule has 0 spiro atoms. The van der Waals surface area contributed by atoms with Gasteiger partial charge < -0.3 is 14.6 Å². The summed E-state index contributed by atoms with van der Waals surface area (Å²) in [5, 5.41) is 4.42. The van der Waals surface area contributed by atoms with Gasteiger partial charge in [0, 0.05) is 11.9 Å². The zero-order valence-corrected chi connectivity index (χ0v) is 19.2. The molecule has 1 N–H and O–H groups in total. The Bertz CT molecular complexity index is 1530. The number of ether oxygens (including phenoxy) is 1. The smallest absolute Gasteiger partial charge is 0.237 e. The Morgan fingerprint density at radius 2 is 1.79 bits per heavy atom. The van der Waals surface area contributed by atoms with Gasteiger partial charge in [-0.05, 0) is 68.3 Å². The molecule has 0 bridgehead atoms. The van der Waals surface area contributed by atoms with Crippen LogP contribution >= 0.6 is 0 Å². The van der Waals surface area contributed by atoms with E-state index in [0.29, 0.717) is 11.9 Å². The highest BCUT2D eigenvalue weighted by molar-refractivity contribution is 5.84. The van der Waals surface area contributed by atoms with Crippen molar-refractivity contribution in [2.75, 3.05) is 12.4 Å². The third-order valence-electron chi connectivity index (χ3n) is 6.09. The maximum absolute atomic E-state index is 5.46. The van der Waals surface area contributed by atoms with Crippen LogP contribution in [0.15, 0.2) is 84.0 Å². The van der Waals surface area contributed by atoms with E-state index >= 15 is 0 Å². The molecular weight excluding hydrogens is 422 g/mol. The quantitative estimate of drug-likeness (QED) is 0.354. The highest BCUT2D eigenvalue weighted by Gasteiger charge is 2.22. The molecule has 2 aliphatic carbocycles. The van der Waals surface area contributed by atoms with Crippen LogP contribution in [0.5, 0.6) is 5.88 Å². The average molecular weight is 448 g/mol. The number of benzene rings is 3. The Labute approximate surface area is 198 Å². The van der Waals surface area contributed by atoms with Crippen molar-refractivity contribution in [2.45, 2.75) is 25.8 Å². The lowest BCUT2D eigenvalue weighted by molar-refractivity contribution is 0.400. The number of pyridine rings is 1. The number of rotatable bonds is 5. The van der Waals surface area contributed by atoms with Gasteiger partial charge >= 0.3 is 0 Å². The van der Waals surface area contributed by atoms with Crippen LogP contribution in [0.1, 0.15) is 18.4 Å². The van der Waals surface area contributed by atoms with Crippen molar-refractivity contribution in [3.05, 3.63) is 89.9 Å². The number of nitrogens with zero attached hydrogens (tertiary/aromatic N) is 4. The number of fused-ring (bicyclic) bond motifs is 2. The topological polar surface area (TPSA) is 64.3 Å². The summed E-state index contributed by atoms with van der Waals surface area (Å²) in [7, 11) is 1.63. The van der Waals surface area contributed by atoms with E-state index in [1.807, 2.05) is 18.2 Å². The Hall–Kier alpha value is -4.19. The number of para-hydroxylation sites is 2. The number of aromatic nitrogens is 3. The lowest BCUT2D eigenvalue weighted by Crippen LogP contribution is -2.16. The lowest BCUT2D eigenvalue weighted by Gasteiger charge is -2.20. The summed E-state index contributed by atoms with van der Waals surface area (Å²) < 4.78 is 7.73. The summed E-state index contributed by atoms with van der Waals surface area (Å²) in [6, 6.07) is 25.3. The highest BCUT2D eigenvalue weighted by Crippen LogP contribution is 2.32. The fourth-order valence-electron chi connectivity index (χ4n) is 4.21. The average Bonchev–Trinajstić information content (AvgIpc) is 3.68. The van der Waals surface area contributed by atoms with Crippen molar-refractivity contribution in [3.8, 4) is 23.0 Å². The van der Waals surface area contributed by atoms with Crippen LogP contribution in [0.4, 0.5) is 11.4 Å². The summed E-state index contributed by atoms with van der Waals surface area (Å²) in [5.74, 6) is 0.543. The van der Waals surface area contributed by atoms with Crippen LogP contribution in [-0.4, -0.2) is 27.7 Å². The van der Waals surface area contributed by atoms with Gasteiger partial charge in [0.2, 0.25) is 5.88 Å². The molecule has 168 valence electrons. The standard InChI is InChI=1S/C28H25N5O/c1-18-9-13-20(14-10-18)33-26-8-4-3-6-21(26)31-25-16-23(24(17-27(25)33)30-19-11-12-19)32-22-7-5-15-29-28(22)34-2/h3-10,13-17,19,32H,11-12H2,1-2H3/b30-24+. The number of anilines is 2. The van der Waals surface area contributed by atoms with Crippen LogP contribution in [0.25, 0.3) is 28.1 Å². The van der Waals surface area contributed by atoms with E-state index in [1.165, 1.54) is 5.56 Å². The maximum Gasteiger partial charge on any atom is 0.237 e. The molecule has 2 aromatic carbocycles. The molecule has 0 saturated heterocycles. The highest BCUT2D eigenvalue weighted by atomic mass is 16.5. The number of aryl methyl sites for hydroxylation is 1. The molecule has 0 radical (unpaired) electrons. The second kappa shape index (κ2) is 8.30. The molecule has 6 nitrogen and oxygen atoms in total. The van der Waals surface area contributed by atoms with E-state index in [-0.39, 0.29) is 0 Å². The second-order valence-electron chi connectivity index (χ2n) is 8.68. The SMILES string of the molecule is COc1ncccc1Nc1cc2nc3ccccc3n(-c3ccc(C)cc3)c-2c/c1=N\C1CC1. The predicted octanol–water partition coefficient (Wildman–Crippen LogP) is 5.65. The van der Waals surface area contributed by atoms with E-state index in [9.17, 15) is 0 Å². The number of hydrogen-bond donors (Lipinski definition) is 1. The molecule has 6 heteroatoms. The molecule has 0 unspecified atom stereocenters. The third-order valence-corrected chi connectivity index (χ3v) is 6.09. The first-order valence-corrected chi connectivity index (χ1v) is 11.5. The van der Waals surface area contributed by atoms with Crippen molar-refractivity contribution < 1.29 is 4.74 Å². The van der Waals surface area contributed by atoms with Crippen molar-refractivity contribution in [2.24, 2.45) is 4.99 Å². The van der Waals surface area contributed by atoms with Gasteiger partial charge in [0.1, 0.15) is 5.69 Å². The van der Waals surface area contributed by atoms with Gasteiger partial charge in [-0.3, -0.25) is 4.99 Å². The molecule has 1 aromatic heterocycles. The van der Waals surface area contributed by atoms with E-state index < -0.39 is 0 Å². The molecule has 3 aromatic rings. The van der Waals surface area contributed by atoms with E-state index in [4.69, 9.17) is 14.7 Å². The molecule has 0 amide bonds. The van der Waals surface area contributed by atoms with E-state index in [1.54, 1.807) is 13.3 Å². The fourth-order valence-corrected chi connectivity index (χ4v) is 4.21. The monoisotopic (exact) mass is 447 g/mol. The molecule has 34 heavy (non-hydrogen) atoms. The fraction of sp³-hybridized carbons (Fsp3) is 0.179. The molecular formula is C28H25N5O. The van der Waals surface area contributed by atoms with Crippen LogP contribution in [0.2, 0.25) is 0 Å². The van der Waals surface area contributed by atoms with Crippen LogP contribution in [0.3, 0.4) is 0 Å². The summed E-state index contributed by atoms with van der Waals surface area (Å²) in [6.45, 7) is 2.11. The van der Waals surface area contributed by atoms with Gasteiger partial charge in [-0.2, -0.15) is 0 Å². The Balaban J connectivity index is 1.63. The van der Waals surface area contributed by atoms with Crippen LogP contribution < -0.4 is 15.4 Å². The zero-order chi connectivity index (χ0) is 23.1. The van der Waals surface area contributed by atoms with Crippen molar-refractivity contribution in [1.82, 2.24) is 14.5 Å². The van der Waals surface area contributed by atoms with Crippen molar-refractivity contribution in [3.63, 3.8) is 0 Å². The molecule has 1 saturated carbocycles. The first kappa shape index (κ1) is 20.4. The molecule has 3 aliphatic rings. The predicted molar refractivity (Wildman–Crippen MR) is 135 cm³/mol. The lowest BCUT2D eigenvalue weighted by atomic mass is 10.1. The first-order chi connectivity index (χ1) is 16.7. The van der Waals surface area contributed by atoms with Gasteiger partial charge in [-0.15, -0.1) is 0 Å².